The normalized spacial score (nSPS) is 13.6. The predicted molar refractivity (Wildman–Crippen MR) is 143 cm³/mol. The van der Waals surface area contributed by atoms with Gasteiger partial charge in [0.25, 0.3) is 0 Å². The Morgan fingerprint density at radius 3 is 2.14 bits per heavy atom. The number of fused-ring (bicyclic) bond motifs is 8. The maximum atomic E-state index is 5.96. The first-order valence-electron chi connectivity index (χ1n) is 12.3. The largest absolute Gasteiger partial charge is 0.454 e. The molecule has 0 atom stereocenters. The monoisotopic (exact) mass is 484 g/mol. The molecule has 0 bridgehead atoms. The van der Waals surface area contributed by atoms with Gasteiger partial charge in [-0.15, -0.1) is 0 Å². The molecular weight excluding hydrogens is 462 g/mol. The van der Waals surface area contributed by atoms with Crippen LogP contribution in [0.15, 0.2) is 91.1 Å². The number of hydrogen-bond acceptors (Lipinski definition) is 4. The Balaban J connectivity index is 1.43. The molecule has 0 spiro atoms. The Hall–Kier alpha value is -4.77. The first-order valence-corrected chi connectivity index (χ1v) is 12.3. The molecule has 0 aliphatic carbocycles. The summed E-state index contributed by atoms with van der Waals surface area (Å²) in [6, 6.07) is 29.8. The van der Waals surface area contributed by atoms with Gasteiger partial charge in [-0.25, -0.2) is 0 Å². The van der Waals surface area contributed by atoms with E-state index < -0.39 is 0 Å². The third-order valence-electron chi connectivity index (χ3n) is 7.43. The summed E-state index contributed by atoms with van der Waals surface area (Å²) in [5.41, 5.74) is 5.76. The first kappa shape index (κ1) is 20.4. The van der Waals surface area contributed by atoms with E-state index in [-0.39, 0.29) is 13.6 Å². The SMILES string of the molecule is C[n+]1cc2c3c(cc(-c4ccc(-c5ccccc5)cc4)c2c2ccc4cc5c(cc4c21)OCO5)OCO3. The number of hydrogen-bond donors (Lipinski definition) is 0. The second kappa shape index (κ2) is 7.61. The predicted octanol–water partition coefficient (Wildman–Crippen LogP) is 6.76. The summed E-state index contributed by atoms with van der Waals surface area (Å²) in [7, 11) is 2.08. The van der Waals surface area contributed by atoms with Gasteiger partial charge in [0.2, 0.25) is 19.1 Å². The molecule has 1 aromatic heterocycles. The maximum absolute atomic E-state index is 5.96. The third kappa shape index (κ3) is 3.01. The molecule has 5 aromatic carbocycles. The van der Waals surface area contributed by atoms with Gasteiger partial charge in [-0.2, -0.15) is 4.57 Å². The zero-order valence-electron chi connectivity index (χ0n) is 20.2. The highest BCUT2D eigenvalue weighted by Gasteiger charge is 2.27. The molecule has 6 aromatic rings. The van der Waals surface area contributed by atoms with Crippen LogP contribution in [0.25, 0.3) is 54.7 Å². The summed E-state index contributed by atoms with van der Waals surface area (Å²) >= 11 is 0. The Labute approximate surface area is 213 Å². The van der Waals surface area contributed by atoms with Gasteiger partial charge in [-0.05, 0) is 51.9 Å². The molecule has 0 saturated carbocycles. The van der Waals surface area contributed by atoms with Crippen molar-refractivity contribution < 1.29 is 23.5 Å². The smallest absolute Gasteiger partial charge is 0.231 e. The highest BCUT2D eigenvalue weighted by molar-refractivity contribution is 6.19. The molecule has 5 nitrogen and oxygen atoms in total. The minimum absolute atomic E-state index is 0.226. The average Bonchev–Trinajstić information content (AvgIpc) is 3.61. The molecule has 3 heterocycles. The lowest BCUT2D eigenvalue weighted by Crippen LogP contribution is -2.28. The highest BCUT2D eigenvalue weighted by atomic mass is 16.7. The van der Waals surface area contributed by atoms with Crippen LogP contribution in [0, 0.1) is 0 Å². The fourth-order valence-corrected chi connectivity index (χ4v) is 5.72. The van der Waals surface area contributed by atoms with Gasteiger partial charge >= 0.3 is 0 Å². The molecule has 0 fully saturated rings. The standard InChI is InChI=1S/C32H22NO4/c1-33-16-26-30(23-12-11-22-13-27-28(35-17-34-27)15-25(22)31(23)33)24(14-29-32(26)37-18-36-29)21-9-7-20(8-10-21)19-5-3-2-4-6-19/h2-16H,17-18H2,1H3/q+1. The molecule has 8 rings (SSSR count). The van der Waals surface area contributed by atoms with Crippen LogP contribution < -0.4 is 23.5 Å². The number of aryl methyl sites for hydroxylation is 1. The van der Waals surface area contributed by atoms with Crippen LogP contribution in [0.4, 0.5) is 0 Å². The van der Waals surface area contributed by atoms with Gasteiger partial charge in [0.1, 0.15) is 7.05 Å². The summed E-state index contributed by atoms with van der Waals surface area (Å²) in [6.07, 6.45) is 2.15. The average molecular weight is 485 g/mol. The summed E-state index contributed by atoms with van der Waals surface area (Å²) < 4.78 is 25.3. The Morgan fingerprint density at radius 2 is 1.30 bits per heavy atom. The van der Waals surface area contributed by atoms with Crippen molar-refractivity contribution in [3.05, 3.63) is 91.1 Å². The summed E-state index contributed by atoms with van der Waals surface area (Å²) in [5.74, 6) is 3.14. The van der Waals surface area contributed by atoms with E-state index in [0.717, 1.165) is 66.6 Å². The van der Waals surface area contributed by atoms with Crippen molar-refractivity contribution in [1.82, 2.24) is 0 Å². The van der Waals surface area contributed by atoms with Crippen LogP contribution in [0.5, 0.6) is 23.0 Å². The van der Waals surface area contributed by atoms with E-state index in [1.807, 2.05) is 6.07 Å². The van der Waals surface area contributed by atoms with Gasteiger partial charge in [-0.1, -0.05) is 60.7 Å². The van der Waals surface area contributed by atoms with E-state index in [0.29, 0.717) is 0 Å². The summed E-state index contributed by atoms with van der Waals surface area (Å²) in [6.45, 7) is 0.481. The highest BCUT2D eigenvalue weighted by Crippen LogP contribution is 2.47. The Bertz CT molecular complexity index is 1880. The molecule has 2 aliphatic heterocycles. The lowest BCUT2D eigenvalue weighted by atomic mass is 9.92. The Morgan fingerprint density at radius 1 is 0.595 bits per heavy atom. The van der Waals surface area contributed by atoms with Crippen molar-refractivity contribution >= 4 is 32.4 Å². The minimum Gasteiger partial charge on any atom is -0.454 e. The van der Waals surface area contributed by atoms with Gasteiger partial charge < -0.3 is 18.9 Å². The van der Waals surface area contributed by atoms with Crippen LogP contribution in [0.2, 0.25) is 0 Å². The second-order valence-corrected chi connectivity index (χ2v) is 9.52. The van der Waals surface area contributed by atoms with Crippen LogP contribution >= 0.6 is 0 Å². The lowest BCUT2D eigenvalue weighted by Gasteiger charge is -2.13. The molecule has 0 N–H and O–H groups in total. The first-order chi connectivity index (χ1) is 18.2. The molecule has 0 amide bonds. The zero-order chi connectivity index (χ0) is 24.5. The van der Waals surface area contributed by atoms with Crippen LogP contribution in [-0.4, -0.2) is 13.6 Å². The molecule has 5 heteroatoms. The number of ether oxygens (including phenoxy) is 4. The molecule has 178 valence electrons. The van der Waals surface area contributed by atoms with E-state index in [4.69, 9.17) is 18.9 Å². The van der Waals surface area contributed by atoms with Crippen molar-refractivity contribution in [2.24, 2.45) is 7.05 Å². The topological polar surface area (TPSA) is 40.8 Å². The van der Waals surface area contributed by atoms with Crippen molar-refractivity contribution in [3.63, 3.8) is 0 Å². The van der Waals surface area contributed by atoms with Gasteiger partial charge in [0, 0.05) is 5.39 Å². The van der Waals surface area contributed by atoms with Crippen LogP contribution in [0.1, 0.15) is 0 Å². The van der Waals surface area contributed by atoms with Crippen molar-refractivity contribution in [1.29, 1.82) is 0 Å². The van der Waals surface area contributed by atoms with Crippen LogP contribution in [0.3, 0.4) is 0 Å². The van der Waals surface area contributed by atoms with E-state index in [2.05, 4.69) is 96.7 Å². The number of pyridine rings is 1. The van der Waals surface area contributed by atoms with Gasteiger partial charge in [-0.3, -0.25) is 0 Å². The molecular formula is C32H22NO4+. The molecule has 2 aliphatic rings. The number of nitrogens with zero attached hydrogens (tertiary/aromatic N) is 1. The third-order valence-corrected chi connectivity index (χ3v) is 7.43. The van der Waals surface area contributed by atoms with Crippen molar-refractivity contribution in [3.8, 4) is 45.3 Å². The Kier molecular flexibility index (Phi) is 4.20. The second-order valence-electron chi connectivity index (χ2n) is 9.52. The molecule has 37 heavy (non-hydrogen) atoms. The quantitative estimate of drug-likeness (QED) is 0.201. The van der Waals surface area contributed by atoms with Gasteiger partial charge in [0.05, 0.1) is 16.2 Å². The minimum atomic E-state index is 0.226. The summed E-state index contributed by atoms with van der Waals surface area (Å²) in [4.78, 5) is 0. The van der Waals surface area contributed by atoms with E-state index in [1.54, 1.807) is 0 Å². The lowest BCUT2D eigenvalue weighted by molar-refractivity contribution is -0.642. The number of benzene rings is 5. The van der Waals surface area contributed by atoms with Gasteiger partial charge in [0.15, 0.2) is 29.2 Å². The van der Waals surface area contributed by atoms with Crippen molar-refractivity contribution in [2.75, 3.05) is 13.6 Å². The van der Waals surface area contributed by atoms with Crippen molar-refractivity contribution in [2.45, 2.75) is 0 Å². The molecule has 0 radical (unpaired) electrons. The summed E-state index contributed by atoms with van der Waals surface area (Å²) in [5, 5.41) is 5.55. The van der Waals surface area contributed by atoms with E-state index in [1.165, 1.54) is 11.1 Å². The zero-order valence-corrected chi connectivity index (χ0v) is 20.2. The van der Waals surface area contributed by atoms with E-state index >= 15 is 0 Å². The maximum Gasteiger partial charge on any atom is 0.231 e. The molecule has 0 unspecified atom stereocenters. The fourth-order valence-electron chi connectivity index (χ4n) is 5.72. The number of aromatic nitrogens is 1. The van der Waals surface area contributed by atoms with E-state index in [9.17, 15) is 0 Å². The molecule has 0 saturated heterocycles. The van der Waals surface area contributed by atoms with Crippen LogP contribution in [-0.2, 0) is 7.05 Å². The number of rotatable bonds is 2. The fraction of sp³-hybridized carbons (Fsp3) is 0.0938.